The second-order valence-corrected chi connectivity index (χ2v) is 10.2. The molecule has 1 amide bonds. The zero-order valence-electron chi connectivity index (χ0n) is 18.1. The van der Waals surface area contributed by atoms with E-state index >= 15 is 0 Å². The number of likely N-dealkylation sites (tertiary alicyclic amines) is 1. The Labute approximate surface area is 191 Å². The van der Waals surface area contributed by atoms with Gasteiger partial charge in [-0.15, -0.1) is 11.3 Å². The lowest BCUT2D eigenvalue weighted by Crippen LogP contribution is -2.31. The van der Waals surface area contributed by atoms with Crippen LogP contribution in [-0.4, -0.2) is 48.5 Å². The molecule has 3 aromatic rings. The van der Waals surface area contributed by atoms with E-state index in [1.165, 1.54) is 17.5 Å². The van der Waals surface area contributed by atoms with Gasteiger partial charge in [0, 0.05) is 36.0 Å². The number of nitrogens with one attached hydrogen (secondary N) is 1. The number of ether oxygens (including phenoxy) is 1. The fourth-order valence-electron chi connectivity index (χ4n) is 3.62. The van der Waals surface area contributed by atoms with E-state index in [0.29, 0.717) is 28.7 Å². The molecule has 0 radical (unpaired) electrons. The standard InChI is InChI=1S/C22H26N4O4S2/c1-3-30-18-8-6-17(7-9-18)24-32(28,29)19-12-20(22-23-16(2)15-31-22)26(13-19)14-21(27)25-10-4-5-11-25/h6-9,12-13,15,24H,3-5,10-11,14H2,1-2H3. The molecule has 1 aliphatic rings. The topological polar surface area (TPSA) is 93.5 Å². The van der Waals surface area contributed by atoms with Crippen LogP contribution in [0.2, 0.25) is 0 Å². The molecule has 1 aliphatic heterocycles. The first-order chi connectivity index (χ1) is 15.4. The molecule has 1 saturated heterocycles. The Bertz CT molecular complexity index is 1190. The van der Waals surface area contributed by atoms with E-state index in [1.54, 1.807) is 34.9 Å². The number of carbonyl (C=O) groups is 1. The molecule has 170 valence electrons. The molecule has 0 spiro atoms. The average Bonchev–Trinajstić information content (AvgIpc) is 3.50. The molecule has 0 unspecified atom stereocenters. The molecule has 1 fully saturated rings. The maximum atomic E-state index is 13.1. The fourth-order valence-corrected chi connectivity index (χ4v) is 5.55. The van der Waals surface area contributed by atoms with Crippen molar-refractivity contribution in [2.75, 3.05) is 24.4 Å². The lowest BCUT2D eigenvalue weighted by Gasteiger charge is -2.16. The van der Waals surface area contributed by atoms with Gasteiger partial charge in [0.05, 0.1) is 12.3 Å². The van der Waals surface area contributed by atoms with E-state index in [1.807, 2.05) is 24.1 Å². The van der Waals surface area contributed by atoms with Crippen molar-refractivity contribution in [2.45, 2.75) is 38.1 Å². The van der Waals surface area contributed by atoms with Gasteiger partial charge in [-0.05, 0) is 57.0 Å². The third-order valence-corrected chi connectivity index (χ3v) is 7.53. The number of benzene rings is 1. The van der Waals surface area contributed by atoms with Crippen LogP contribution in [0.3, 0.4) is 0 Å². The summed E-state index contributed by atoms with van der Waals surface area (Å²) in [4.78, 5) is 19.2. The molecule has 2 aromatic heterocycles. The van der Waals surface area contributed by atoms with Crippen molar-refractivity contribution in [1.82, 2.24) is 14.5 Å². The van der Waals surface area contributed by atoms with E-state index in [2.05, 4.69) is 9.71 Å². The second kappa shape index (κ2) is 9.33. The van der Waals surface area contributed by atoms with Gasteiger partial charge in [0.1, 0.15) is 22.2 Å². The minimum atomic E-state index is -3.86. The van der Waals surface area contributed by atoms with Crippen LogP contribution in [0, 0.1) is 6.92 Å². The molecule has 0 aliphatic carbocycles. The first-order valence-corrected chi connectivity index (χ1v) is 12.9. The lowest BCUT2D eigenvalue weighted by molar-refractivity contribution is -0.130. The molecule has 10 heteroatoms. The second-order valence-electron chi connectivity index (χ2n) is 7.63. The third kappa shape index (κ3) is 4.97. The molecule has 0 saturated carbocycles. The van der Waals surface area contributed by atoms with Gasteiger partial charge in [-0.25, -0.2) is 13.4 Å². The number of amides is 1. The average molecular weight is 475 g/mol. The van der Waals surface area contributed by atoms with Crippen molar-refractivity contribution in [1.29, 1.82) is 0 Å². The van der Waals surface area contributed by atoms with Crippen LogP contribution in [0.1, 0.15) is 25.5 Å². The quantitative estimate of drug-likeness (QED) is 0.537. The van der Waals surface area contributed by atoms with Gasteiger partial charge in [-0.2, -0.15) is 0 Å². The Morgan fingerprint density at radius 3 is 2.56 bits per heavy atom. The van der Waals surface area contributed by atoms with Crippen molar-refractivity contribution >= 4 is 33.0 Å². The highest BCUT2D eigenvalue weighted by Gasteiger charge is 2.24. The molecule has 0 bridgehead atoms. The molecule has 0 atom stereocenters. The Hall–Kier alpha value is -2.85. The highest BCUT2D eigenvalue weighted by molar-refractivity contribution is 7.92. The SMILES string of the molecule is CCOc1ccc(NS(=O)(=O)c2cc(-c3nc(C)cs3)n(CC(=O)N3CCCC3)c2)cc1. The summed E-state index contributed by atoms with van der Waals surface area (Å²) in [5, 5.41) is 2.58. The van der Waals surface area contributed by atoms with Crippen LogP contribution in [0.5, 0.6) is 5.75 Å². The number of carbonyl (C=O) groups excluding carboxylic acids is 1. The lowest BCUT2D eigenvalue weighted by atomic mass is 10.3. The summed E-state index contributed by atoms with van der Waals surface area (Å²) in [5.41, 5.74) is 1.89. The molecule has 4 rings (SSSR count). The number of hydrogen-bond donors (Lipinski definition) is 1. The van der Waals surface area contributed by atoms with Gasteiger partial charge in [0.25, 0.3) is 10.0 Å². The number of aromatic nitrogens is 2. The van der Waals surface area contributed by atoms with E-state index in [4.69, 9.17) is 4.74 Å². The van der Waals surface area contributed by atoms with Crippen molar-refractivity contribution in [3.05, 3.63) is 47.6 Å². The number of sulfonamides is 1. The minimum Gasteiger partial charge on any atom is -0.494 e. The van der Waals surface area contributed by atoms with Gasteiger partial charge < -0.3 is 14.2 Å². The highest BCUT2D eigenvalue weighted by atomic mass is 32.2. The van der Waals surface area contributed by atoms with Crippen LogP contribution in [0.15, 0.2) is 46.8 Å². The zero-order chi connectivity index (χ0) is 22.7. The van der Waals surface area contributed by atoms with Crippen molar-refractivity contribution in [3.63, 3.8) is 0 Å². The number of nitrogens with zero attached hydrogens (tertiary/aromatic N) is 3. The minimum absolute atomic E-state index is 0.0175. The largest absolute Gasteiger partial charge is 0.494 e. The summed E-state index contributed by atoms with van der Waals surface area (Å²) in [6, 6.07) is 8.31. The predicted molar refractivity (Wildman–Crippen MR) is 125 cm³/mol. The van der Waals surface area contributed by atoms with Gasteiger partial charge in [0.2, 0.25) is 5.91 Å². The number of rotatable bonds is 8. The summed E-state index contributed by atoms with van der Waals surface area (Å²) in [6.45, 7) is 5.87. The van der Waals surface area contributed by atoms with Crippen LogP contribution < -0.4 is 9.46 Å². The monoisotopic (exact) mass is 474 g/mol. The number of thiazole rings is 1. The summed E-state index contributed by atoms with van der Waals surface area (Å²) in [7, 11) is -3.86. The number of hydrogen-bond acceptors (Lipinski definition) is 6. The predicted octanol–water partition coefficient (Wildman–Crippen LogP) is 3.74. The van der Waals surface area contributed by atoms with Crippen LogP contribution >= 0.6 is 11.3 Å². The summed E-state index contributed by atoms with van der Waals surface area (Å²) < 4.78 is 35.9. The van der Waals surface area contributed by atoms with Gasteiger partial charge in [-0.3, -0.25) is 9.52 Å². The molecule has 32 heavy (non-hydrogen) atoms. The Morgan fingerprint density at radius 2 is 1.94 bits per heavy atom. The van der Waals surface area contributed by atoms with E-state index in [-0.39, 0.29) is 17.3 Å². The van der Waals surface area contributed by atoms with Gasteiger partial charge >= 0.3 is 0 Å². The molecular formula is C22H26N4O4S2. The zero-order valence-corrected chi connectivity index (χ0v) is 19.7. The summed E-state index contributed by atoms with van der Waals surface area (Å²) in [6.07, 6.45) is 3.51. The van der Waals surface area contributed by atoms with Crippen LogP contribution in [-0.2, 0) is 21.4 Å². The molecule has 8 nitrogen and oxygen atoms in total. The smallest absolute Gasteiger partial charge is 0.263 e. The van der Waals surface area contributed by atoms with Gasteiger partial charge in [-0.1, -0.05) is 0 Å². The number of aryl methyl sites for hydroxylation is 1. The van der Waals surface area contributed by atoms with E-state index in [0.717, 1.165) is 31.6 Å². The fraction of sp³-hybridized carbons (Fsp3) is 0.364. The van der Waals surface area contributed by atoms with Crippen LogP contribution in [0.4, 0.5) is 5.69 Å². The van der Waals surface area contributed by atoms with E-state index in [9.17, 15) is 13.2 Å². The Balaban J connectivity index is 1.62. The maximum Gasteiger partial charge on any atom is 0.263 e. The summed E-state index contributed by atoms with van der Waals surface area (Å²) in [5.74, 6) is 0.652. The van der Waals surface area contributed by atoms with Crippen molar-refractivity contribution in [2.24, 2.45) is 0 Å². The third-order valence-electron chi connectivity index (χ3n) is 5.20. The Kier molecular flexibility index (Phi) is 6.52. The maximum absolute atomic E-state index is 13.1. The first kappa shape index (κ1) is 22.3. The summed E-state index contributed by atoms with van der Waals surface area (Å²) >= 11 is 1.42. The highest BCUT2D eigenvalue weighted by Crippen LogP contribution is 2.29. The van der Waals surface area contributed by atoms with Gasteiger partial charge in [0.15, 0.2) is 0 Å². The number of anilines is 1. The van der Waals surface area contributed by atoms with Crippen molar-refractivity contribution in [3.8, 4) is 16.5 Å². The van der Waals surface area contributed by atoms with Crippen LogP contribution in [0.25, 0.3) is 10.7 Å². The van der Waals surface area contributed by atoms with E-state index < -0.39 is 10.0 Å². The molecule has 1 aromatic carbocycles. The molecule has 1 N–H and O–H groups in total. The molecule has 3 heterocycles. The first-order valence-electron chi connectivity index (χ1n) is 10.5. The van der Waals surface area contributed by atoms with Crippen molar-refractivity contribution < 1.29 is 17.9 Å². The molecular weight excluding hydrogens is 448 g/mol. The Morgan fingerprint density at radius 1 is 1.22 bits per heavy atom. The normalized spacial score (nSPS) is 14.0.